The second kappa shape index (κ2) is 6.54. The molecule has 2 aromatic rings. The Labute approximate surface area is 124 Å². The highest BCUT2D eigenvalue weighted by Gasteiger charge is 2.18. The number of hydrogen-bond donors (Lipinski definition) is 2. The average molecular weight is 284 g/mol. The van der Waals surface area contributed by atoms with Gasteiger partial charge in [-0.3, -0.25) is 4.79 Å². The molecular weight excluding hydrogens is 264 g/mol. The van der Waals surface area contributed by atoms with Gasteiger partial charge in [-0.25, -0.2) is 4.68 Å². The molecule has 1 aliphatic rings. The normalized spacial score (nSPS) is 17.8. The molecule has 1 saturated heterocycles. The van der Waals surface area contributed by atoms with E-state index in [1.165, 1.54) is 0 Å². The second-order valence-corrected chi connectivity index (χ2v) is 5.42. The van der Waals surface area contributed by atoms with Crippen LogP contribution >= 0.6 is 0 Å². The molecule has 110 valence electrons. The van der Waals surface area contributed by atoms with Gasteiger partial charge in [0.15, 0.2) is 0 Å². The largest absolute Gasteiger partial charge is 0.352 e. The van der Waals surface area contributed by atoms with Gasteiger partial charge in [0.2, 0.25) is 5.91 Å². The molecule has 5 nitrogen and oxygen atoms in total. The van der Waals surface area contributed by atoms with Crippen LogP contribution in [0.1, 0.15) is 18.4 Å². The van der Waals surface area contributed by atoms with E-state index in [9.17, 15) is 4.79 Å². The zero-order chi connectivity index (χ0) is 14.5. The molecule has 0 spiro atoms. The lowest BCUT2D eigenvalue weighted by Gasteiger charge is -2.12. The Hall–Kier alpha value is -2.14. The smallest absolute Gasteiger partial charge is 0.220 e. The highest BCUT2D eigenvalue weighted by Crippen LogP contribution is 2.14. The Morgan fingerprint density at radius 2 is 2.29 bits per heavy atom. The number of carbonyl (C=O) groups excluding carboxylic acids is 1. The molecule has 1 aromatic carbocycles. The summed E-state index contributed by atoms with van der Waals surface area (Å²) < 4.78 is 1.82. The van der Waals surface area contributed by atoms with E-state index < -0.39 is 0 Å². The lowest BCUT2D eigenvalue weighted by molar-refractivity contribution is -0.122. The van der Waals surface area contributed by atoms with Crippen molar-refractivity contribution in [1.29, 1.82) is 0 Å². The Morgan fingerprint density at radius 1 is 1.38 bits per heavy atom. The third-order valence-corrected chi connectivity index (χ3v) is 3.86. The average Bonchev–Trinajstić information content (AvgIpc) is 3.18. The van der Waals surface area contributed by atoms with Gasteiger partial charge >= 0.3 is 0 Å². The predicted octanol–water partition coefficient (Wildman–Crippen LogP) is 1.49. The van der Waals surface area contributed by atoms with Crippen LogP contribution < -0.4 is 10.6 Å². The van der Waals surface area contributed by atoms with Crippen LogP contribution in [0.25, 0.3) is 5.69 Å². The van der Waals surface area contributed by atoms with Crippen LogP contribution in [-0.2, 0) is 11.3 Å². The van der Waals surface area contributed by atoms with E-state index >= 15 is 0 Å². The van der Waals surface area contributed by atoms with Gasteiger partial charge in [0.1, 0.15) is 0 Å². The van der Waals surface area contributed by atoms with Crippen molar-refractivity contribution in [2.24, 2.45) is 5.92 Å². The van der Waals surface area contributed by atoms with Crippen molar-refractivity contribution in [3.05, 3.63) is 48.3 Å². The standard InChI is InChI=1S/C16H20N4O/c21-16(10-13-6-8-17-11-13)18-12-14-4-1-2-5-15(14)20-9-3-7-19-20/h1-5,7,9,13,17H,6,8,10-12H2,(H,18,21). The van der Waals surface area contributed by atoms with Crippen molar-refractivity contribution in [1.82, 2.24) is 20.4 Å². The summed E-state index contributed by atoms with van der Waals surface area (Å²) in [6.45, 7) is 2.52. The second-order valence-electron chi connectivity index (χ2n) is 5.42. The maximum absolute atomic E-state index is 12.0. The minimum absolute atomic E-state index is 0.124. The molecule has 1 amide bonds. The number of aromatic nitrogens is 2. The molecule has 1 aliphatic heterocycles. The number of amides is 1. The molecular formula is C16H20N4O. The predicted molar refractivity (Wildman–Crippen MR) is 81.0 cm³/mol. The van der Waals surface area contributed by atoms with Crippen LogP contribution in [0.5, 0.6) is 0 Å². The summed E-state index contributed by atoms with van der Waals surface area (Å²) in [4.78, 5) is 12.0. The maximum Gasteiger partial charge on any atom is 0.220 e. The molecule has 0 radical (unpaired) electrons. The number of nitrogens with one attached hydrogen (secondary N) is 2. The molecule has 5 heteroatoms. The molecule has 1 aromatic heterocycles. The van der Waals surface area contributed by atoms with Gasteiger partial charge in [-0.05, 0) is 43.1 Å². The first-order valence-electron chi connectivity index (χ1n) is 7.38. The molecule has 1 fully saturated rings. The van der Waals surface area contributed by atoms with Gasteiger partial charge in [-0.2, -0.15) is 5.10 Å². The molecule has 0 bridgehead atoms. The first kappa shape index (κ1) is 13.8. The Kier molecular flexibility index (Phi) is 4.31. The lowest BCUT2D eigenvalue weighted by atomic mass is 10.0. The summed E-state index contributed by atoms with van der Waals surface area (Å²) in [5.41, 5.74) is 2.07. The third kappa shape index (κ3) is 3.49. The van der Waals surface area contributed by atoms with E-state index in [1.54, 1.807) is 6.20 Å². The summed E-state index contributed by atoms with van der Waals surface area (Å²) in [5.74, 6) is 0.602. The summed E-state index contributed by atoms with van der Waals surface area (Å²) in [7, 11) is 0. The zero-order valence-corrected chi connectivity index (χ0v) is 12.0. The van der Waals surface area contributed by atoms with Crippen molar-refractivity contribution in [2.75, 3.05) is 13.1 Å². The fourth-order valence-corrected chi connectivity index (χ4v) is 2.71. The molecule has 21 heavy (non-hydrogen) atoms. The van der Waals surface area contributed by atoms with Crippen LogP contribution in [0.3, 0.4) is 0 Å². The summed E-state index contributed by atoms with van der Waals surface area (Å²) in [6, 6.07) is 9.88. The molecule has 2 heterocycles. The topological polar surface area (TPSA) is 59.0 Å². The van der Waals surface area contributed by atoms with Crippen LogP contribution in [-0.4, -0.2) is 28.8 Å². The minimum atomic E-state index is 0.124. The Balaban J connectivity index is 1.61. The van der Waals surface area contributed by atoms with Gasteiger partial charge in [-0.15, -0.1) is 0 Å². The molecule has 1 unspecified atom stereocenters. The van der Waals surface area contributed by atoms with E-state index in [0.717, 1.165) is 30.8 Å². The van der Waals surface area contributed by atoms with E-state index in [4.69, 9.17) is 0 Å². The lowest BCUT2D eigenvalue weighted by Crippen LogP contribution is -2.26. The van der Waals surface area contributed by atoms with Crippen LogP contribution in [0.2, 0.25) is 0 Å². The van der Waals surface area contributed by atoms with E-state index in [0.29, 0.717) is 18.9 Å². The zero-order valence-electron chi connectivity index (χ0n) is 12.0. The van der Waals surface area contributed by atoms with Crippen LogP contribution in [0.15, 0.2) is 42.7 Å². The monoisotopic (exact) mass is 284 g/mol. The molecule has 2 N–H and O–H groups in total. The summed E-state index contributed by atoms with van der Waals surface area (Å²) in [6.07, 6.45) is 5.36. The van der Waals surface area contributed by atoms with Crippen molar-refractivity contribution in [3.8, 4) is 5.69 Å². The number of hydrogen-bond acceptors (Lipinski definition) is 3. The molecule has 1 atom stereocenters. The number of benzene rings is 1. The summed E-state index contributed by atoms with van der Waals surface area (Å²) in [5, 5.41) is 10.6. The van der Waals surface area contributed by atoms with Crippen molar-refractivity contribution < 1.29 is 4.79 Å². The Morgan fingerprint density at radius 3 is 3.05 bits per heavy atom. The minimum Gasteiger partial charge on any atom is -0.352 e. The van der Waals surface area contributed by atoms with Gasteiger partial charge < -0.3 is 10.6 Å². The van der Waals surface area contributed by atoms with E-state index in [2.05, 4.69) is 15.7 Å². The van der Waals surface area contributed by atoms with Crippen molar-refractivity contribution in [3.63, 3.8) is 0 Å². The number of carbonyl (C=O) groups is 1. The first-order chi connectivity index (χ1) is 10.3. The van der Waals surface area contributed by atoms with E-state index in [-0.39, 0.29) is 5.91 Å². The van der Waals surface area contributed by atoms with Gasteiger partial charge in [0.25, 0.3) is 0 Å². The maximum atomic E-state index is 12.0. The van der Waals surface area contributed by atoms with Crippen LogP contribution in [0, 0.1) is 5.92 Å². The number of rotatable bonds is 5. The highest BCUT2D eigenvalue weighted by molar-refractivity contribution is 5.76. The molecule has 0 aliphatic carbocycles. The number of para-hydroxylation sites is 1. The highest BCUT2D eigenvalue weighted by atomic mass is 16.1. The fraction of sp³-hybridized carbons (Fsp3) is 0.375. The quantitative estimate of drug-likeness (QED) is 0.874. The van der Waals surface area contributed by atoms with Gasteiger partial charge in [0.05, 0.1) is 5.69 Å². The van der Waals surface area contributed by atoms with Crippen molar-refractivity contribution >= 4 is 5.91 Å². The van der Waals surface area contributed by atoms with Crippen LogP contribution in [0.4, 0.5) is 0 Å². The summed E-state index contributed by atoms with van der Waals surface area (Å²) >= 11 is 0. The molecule has 0 saturated carbocycles. The third-order valence-electron chi connectivity index (χ3n) is 3.86. The molecule has 3 rings (SSSR count). The first-order valence-corrected chi connectivity index (χ1v) is 7.38. The SMILES string of the molecule is O=C(CC1CCNC1)NCc1ccccc1-n1cccn1. The fourth-order valence-electron chi connectivity index (χ4n) is 2.71. The van der Waals surface area contributed by atoms with Gasteiger partial charge in [-0.1, -0.05) is 18.2 Å². The Bertz CT molecular complexity index is 588. The van der Waals surface area contributed by atoms with Gasteiger partial charge in [0, 0.05) is 25.4 Å². The number of nitrogens with zero attached hydrogens (tertiary/aromatic N) is 2. The van der Waals surface area contributed by atoms with Crippen molar-refractivity contribution in [2.45, 2.75) is 19.4 Å². The van der Waals surface area contributed by atoms with E-state index in [1.807, 2.05) is 41.2 Å².